The molecule has 1 unspecified atom stereocenters. The molecule has 0 aliphatic heterocycles. The lowest BCUT2D eigenvalue weighted by Gasteiger charge is -2.22. The van der Waals surface area contributed by atoms with Crippen LogP contribution in [0.3, 0.4) is 0 Å². The third-order valence-corrected chi connectivity index (χ3v) is 4.76. The molecule has 1 aromatic carbocycles. The second-order valence-corrected chi connectivity index (χ2v) is 6.85. The lowest BCUT2D eigenvalue weighted by atomic mass is 10.1. The van der Waals surface area contributed by atoms with Crippen molar-refractivity contribution in [3.8, 4) is 5.75 Å². The molecule has 21 heavy (non-hydrogen) atoms. The van der Waals surface area contributed by atoms with E-state index < -0.39 is 32.9 Å². The molecule has 0 aliphatic rings. The molecule has 1 aromatic rings. The summed E-state index contributed by atoms with van der Waals surface area (Å²) >= 11 is 0. The van der Waals surface area contributed by atoms with Gasteiger partial charge in [0.15, 0.2) is 0 Å². The molecule has 0 saturated carbocycles. The van der Waals surface area contributed by atoms with Gasteiger partial charge in [-0.25, -0.2) is 17.9 Å². The predicted molar refractivity (Wildman–Crippen MR) is 75.9 cm³/mol. The number of aryl methyl sites for hydroxylation is 1. The number of hydrogen-bond acceptors (Lipinski definition) is 5. The zero-order valence-electron chi connectivity index (χ0n) is 12.0. The average molecular weight is 317 g/mol. The molecule has 0 saturated heterocycles. The summed E-state index contributed by atoms with van der Waals surface area (Å²) in [5, 5.41) is 28.3. The molecule has 0 fully saturated rings. The van der Waals surface area contributed by atoms with Gasteiger partial charge < -0.3 is 15.3 Å². The minimum atomic E-state index is -3.99. The molecule has 0 aliphatic carbocycles. The summed E-state index contributed by atoms with van der Waals surface area (Å²) in [5.74, 6) is -1.93. The number of benzene rings is 1. The number of rotatable bonds is 6. The lowest BCUT2D eigenvalue weighted by Crippen LogP contribution is -2.40. The molecular weight excluding hydrogens is 298 g/mol. The van der Waals surface area contributed by atoms with Gasteiger partial charge in [-0.3, -0.25) is 0 Å². The number of carboxylic acids is 1. The molecule has 1 atom stereocenters. The molecular formula is C13H19NO6S. The van der Waals surface area contributed by atoms with Gasteiger partial charge in [-0.15, -0.1) is 0 Å². The van der Waals surface area contributed by atoms with Gasteiger partial charge in [0.05, 0.1) is 10.5 Å². The van der Waals surface area contributed by atoms with Gasteiger partial charge in [0.25, 0.3) is 0 Å². The van der Waals surface area contributed by atoms with Gasteiger partial charge in [-0.05, 0) is 38.0 Å². The Kier molecular flexibility index (Phi) is 4.98. The van der Waals surface area contributed by atoms with Gasteiger partial charge in [0.2, 0.25) is 10.0 Å². The van der Waals surface area contributed by atoms with Crippen molar-refractivity contribution in [2.75, 3.05) is 6.54 Å². The minimum Gasteiger partial charge on any atom is -0.507 e. The highest BCUT2D eigenvalue weighted by molar-refractivity contribution is 7.89. The number of sulfonamides is 1. The predicted octanol–water partition coefficient (Wildman–Crippen LogP) is 0.838. The molecule has 7 nitrogen and oxygen atoms in total. The van der Waals surface area contributed by atoms with Crippen molar-refractivity contribution in [3.63, 3.8) is 0 Å². The van der Waals surface area contributed by atoms with Crippen LogP contribution < -0.4 is 4.72 Å². The van der Waals surface area contributed by atoms with Crippen LogP contribution in [-0.4, -0.2) is 41.9 Å². The van der Waals surface area contributed by atoms with E-state index in [9.17, 15) is 23.4 Å². The Labute approximate surface area is 123 Å². The van der Waals surface area contributed by atoms with Crippen LogP contribution in [0, 0.1) is 6.92 Å². The summed E-state index contributed by atoms with van der Waals surface area (Å²) in [6.45, 7) is 4.44. The number of aromatic carboxylic acids is 1. The van der Waals surface area contributed by atoms with E-state index in [1.807, 2.05) is 0 Å². The van der Waals surface area contributed by atoms with Crippen molar-refractivity contribution in [2.45, 2.75) is 37.7 Å². The van der Waals surface area contributed by atoms with Crippen molar-refractivity contribution in [1.29, 1.82) is 0 Å². The van der Waals surface area contributed by atoms with Crippen LogP contribution in [0.5, 0.6) is 5.75 Å². The van der Waals surface area contributed by atoms with Crippen LogP contribution in [0.25, 0.3) is 0 Å². The standard InChI is InChI=1S/C13H19NO6S/c1-4-13(3,18)7-14-21(19,20)11-6-9(12(16)17)10(15)5-8(11)2/h5-6,14-15,18H,4,7H2,1-3H3,(H,16,17). The van der Waals surface area contributed by atoms with E-state index in [-0.39, 0.29) is 17.0 Å². The zero-order chi connectivity index (χ0) is 16.4. The molecule has 0 amide bonds. The van der Waals surface area contributed by atoms with Crippen LogP contribution in [0.2, 0.25) is 0 Å². The van der Waals surface area contributed by atoms with E-state index in [1.54, 1.807) is 6.92 Å². The number of nitrogens with one attached hydrogen (secondary N) is 1. The fraction of sp³-hybridized carbons (Fsp3) is 0.462. The van der Waals surface area contributed by atoms with Gasteiger partial charge in [0.1, 0.15) is 11.3 Å². The molecule has 0 bridgehead atoms. The first-order chi connectivity index (χ1) is 9.50. The van der Waals surface area contributed by atoms with Crippen molar-refractivity contribution < 1.29 is 28.5 Å². The van der Waals surface area contributed by atoms with E-state index in [1.165, 1.54) is 13.8 Å². The number of phenols is 1. The van der Waals surface area contributed by atoms with Crippen LogP contribution in [-0.2, 0) is 10.0 Å². The summed E-state index contributed by atoms with van der Waals surface area (Å²) in [6.07, 6.45) is 0.352. The quantitative estimate of drug-likeness (QED) is 0.616. The van der Waals surface area contributed by atoms with E-state index in [0.29, 0.717) is 6.42 Å². The third-order valence-electron chi connectivity index (χ3n) is 3.22. The van der Waals surface area contributed by atoms with Crippen LogP contribution in [0.4, 0.5) is 0 Å². The van der Waals surface area contributed by atoms with Crippen molar-refractivity contribution in [2.24, 2.45) is 0 Å². The average Bonchev–Trinajstić information content (AvgIpc) is 2.36. The molecule has 0 aromatic heterocycles. The number of carbonyl (C=O) groups is 1. The SMILES string of the molecule is CCC(C)(O)CNS(=O)(=O)c1cc(C(=O)O)c(O)cc1C. The number of hydrogen-bond donors (Lipinski definition) is 4. The summed E-state index contributed by atoms with van der Waals surface area (Å²) in [5.41, 5.74) is -1.49. The number of carboxylic acid groups (broad SMARTS) is 1. The van der Waals surface area contributed by atoms with Gasteiger partial charge in [0, 0.05) is 6.54 Å². The van der Waals surface area contributed by atoms with Crippen LogP contribution >= 0.6 is 0 Å². The molecule has 1 rings (SSSR count). The molecule has 118 valence electrons. The Hall–Kier alpha value is -1.64. The van der Waals surface area contributed by atoms with Gasteiger partial charge in [-0.2, -0.15) is 0 Å². The maximum absolute atomic E-state index is 12.2. The van der Waals surface area contributed by atoms with E-state index in [4.69, 9.17) is 5.11 Å². The monoisotopic (exact) mass is 317 g/mol. The summed E-state index contributed by atoms with van der Waals surface area (Å²) < 4.78 is 26.7. The van der Waals surface area contributed by atoms with Crippen molar-refractivity contribution >= 4 is 16.0 Å². The normalized spacial score (nSPS) is 14.7. The second kappa shape index (κ2) is 6.00. The molecule has 8 heteroatoms. The van der Waals surface area contributed by atoms with Gasteiger partial charge in [-0.1, -0.05) is 6.92 Å². The lowest BCUT2D eigenvalue weighted by molar-refractivity contribution is 0.0612. The summed E-state index contributed by atoms with van der Waals surface area (Å²) in [7, 11) is -3.99. The fourth-order valence-corrected chi connectivity index (χ4v) is 3.00. The molecule has 4 N–H and O–H groups in total. The number of aliphatic hydroxyl groups is 1. The Bertz CT molecular complexity index is 651. The van der Waals surface area contributed by atoms with Crippen molar-refractivity contribution in [3.05, 3.63) is 23.3 Å². The first kappa shape index (κ1) is 17.4. The Morgan fingerprint density at radius 3 is 2.43 bits per heavy atom. The highest BCUT2D eigenvalue weighted by Gasteiger charge is 2.25. The van der Waals surface area contributed by atoms with E-state index >= 15 is 0 Å². The molecule has 0 spiro atoms. The maximum atomic E-state index is 12.2. The summed E-state index contributed by atoms with van der Waals surface area (Å²) in [4.78, 5) is 10.7. The summed E-state index contributed by atoms with van der Waals surface area (Å²) in [6, 6.07) is 1.98. The number of aromatic hydroxyl groups is 1. The molecule has 0 radical (unpaired) electrons. The highest BCUT2D eigenvalue weighted by Crippen LogP contribution is 2.25. The van der Waals surface area contributed by atoms with E-state index in [0.717, 1.165) is 12.1 Å². The fourth-order valence-electron chi connectivity index (χ4n) is 1.59. The zero-order valence-corrected chi connectivity index (χ0v) is 12.9. The van der Waals surface area contributed by atoms with Crippen molar-refractivity contribution in [1.82, 2.24) is 4.72 Å². The Morgan fingerprint density at radius 2 is 1.95 bits per heavy atom. The topological polar surface area (TPSA) is 124 Å². The highest BCUT2D eigenvalue weighted by atomic mass is 32.2. The Morgan fingerprint density at radius 1 is 1.38 bits per heavy atom. The Balaban J connectivity index is 3.20. The van der Waals surface area contributed by atoms with Crippen LogP contribution in [0.1, 0.15) is 36.2 Å². The third kappa shape index (κ3) is 4.16. The van der Waals surface area contributed by atoms with E-state index in [2.05, 4.69) is 4.72 Å². The first-order valence-corrected chi connectivity index (χ1v) is 7.77. The van der Waals surface area contributed by atoms with Gasteiger partial charge >= 0.3 is 5.97 Å². The maximum Gasteiger partial charge on any atom is 0.339 e. The largest absolute Gasteiger partial charge is 0.507 e. The van der Waals surface area contributed by atoms with Crippen LogP contribution in [0.15, 0.2) is 17.0 Å². The first-order valence-electron chi connectivity index (χ1n) is 6.29. The second-order valence-electron chi connectivity index (χ2n) is 5.12. The minimum absolute atomic E-state index is 0.200. The molecule has 0 heterocycles. The smallest absolute Gasteiger partial charge is 0.339 e.